The van der Waals surface area contributed by atoms with Crippen LogP contribution in [0.1, 0.15) is 22.8 Å². The third-order valence-electron chi connectivity index (χ3n) is 5.95. The van der Waals surface area contributed by atoms with Crippen molar-refractivity contribution in [3.63, 3.8) is 0 Å². The molecular formula is C26H19ClN6O5. The fraction of sp³-hybridized carbons (Fsp3) is 0.0769. The van der Waals surface area contributed by atoms with Crippen molar-refractivity contribution < 1.29 is 18.9 Å². The number of nitrogens with zero attached hydrogens (tertiary/aromatic N) is 4. The number of nitrogens with one attached hydrogen (secondary N) is 1. The number of primary amides is 1. The number of nitrogens with two attached hydrogens (primary N) is 1. The second-order valence-corrected chi connectivity index (χ2v) is 8.88. The van der Waals surface area contributed by atoms with E-state index in [9.17, 15) is 19.7 Å². The number of anilines is 2. The van der Waals surface area contributed by atoms with Gasteiger partial charge in [0.05, 0.1) is 28.1 Å². The molecule has 5 rings (SSSR count). The topological polar surface area (TPSA) is 161 Å². The van der Waals surface area contributed by atoms with E-state index in [4.69, 9.17) is 21.8 Å². The molecule has 12 heteroatoms. The summed E-state index contributed by atoms with van der Waals surface area (Å²) in [6, 6.07) is 14.3. The van der Waals surface area contributed by atoms with E-state index in [1.165, 1.54) is 24.0 Å². The van der Waals surface area contributed by atoms with Crippen LogP contribution in [0, 0.1) is 17.0 Å². The SMILES string of the molecule is CC(=O)N(c1cccc(-c2[nH]ncc2-c2nc3cc(Cl)c(C)cc3o2)c1)c1ccc([N+](=O)[O-])c(C(N)=O)c1. The number of fused-ring (bicyclic) bond motifs is 1. The number of amides is 2. The lowest BCUT2D eigenvalue weighted by Crippen LogP contribution is -2.23. The van der Waals surface area contributed by atoms with E-state index < -0.39 is 16.5 Å². The second-order valence-electron chi connectivity index (χ2n) is 8.47. The van der Waals surface area contributed by atoms with Crippen LogP contribution < -0.4 is 10.6 Å². The van der Waals surface area contributed by atoms with Crippen molar-refractivity contribution in [1.29, 1.82) is 0 Å². The highest BCUT2D eigenvalue weighted by atomic mass is 35.5. The van der Waals surface area contributed by atoms with E-state index in [-0.39, 0.29) is 17.2 Å². The van der Waals surface area contributed by atoms with E-state index in [0.29, 0.717) is 44.5 Å². The molecule has 0 unspecified atom stereocenters. The quantitative estimate of drug-likeness (QED) is 0.215. The molecule has 5 aromatic rings. The number of H-pyrrole nitrogens is 1. The number of carbonyl (C=O) groups is 2. The third kappa shape index (κ3) is 4.35. The van der Waals surface area contributed by atoms with Gasteiger partial charge in [-0.25, -0.2) is 4.98 Å². The van der Waals surface area contributed by atoms with Gasteiger partial charge >= 0.3 is 0 Å². The van der Waals surface area contributed by atoms with Crippen LogP contribution in [0.3, 0.4) is 0 Å². The van der Waals surface area contributed by atoms with Crippen molar-refractivity contribution in [1.82, 2.24) is 15.2 Å². The highest BCUT2D eigenvalue weighted by Crippen LogP contribution is 2.36. The minimum absolute atomic E-state index is 0.241. The van der Waals surface area contributed by atoms with Crippen molar-refractivity contribution in [2.45, 2.75) is 13.8 Å². The Hall–Kier alpha value is -5.03. The number of aromatic nitrogens is 3. The number of hydrogen-bond acceptors (Lipinski definition) is 7. The van der Waals surface area contributed by atoms with Crippen molar-refractivity contribution in [2.24, 2.45) is 5.73 Å². The molecule has 0 bridgehead atoms. The zero-order valence-corrected chi connectivity index (χ0v) is 20.8. The number of nitro benzene ring substituents is 1. The largest absolute Gasteiger partial charge is 0.436 e. The van der Waals surface area contributed by atoms with E-state index in [1.807, 2.05) is 19.1 Å². The molecule has 2 aromatic heterocycles. The van der Waals surface area contributed by atoms with E-state index in [2.05, 4.69) is 15.2 Å². The van der Waals surface area contributed by atoms with Gasteiger partial charge in [-0.3, -0.25) is 29.7 Å². The molecule has 2 amide bonds. The molecule has 0 spiro atoms. The van der Waals surface area contributed by atoms with Crippen LogP contribution in [0.2, 0.25) is 5.02 Å². The lowest BCUT2D eigenvalue weighted by atomic mass is 10.1. The van der Waals surface area contributed by atoms with E-state index >= 15 is 0 Å². The van der Waals surface area contributed by atoms with Crippen molar-refractivity contribution in [2.75, 3.05) is 4.90 Å². The number of halogens is 1. The van der Waals surface area contributed by atoms with Crippen molar-refractivity contribution in [3.8, 4) is 22.7 Å². The van der Waals surface area contributed by atoms with Gasteiger partial charge in [0.15, 0.2) is 5.58 Å². The molecule has 0 fully saturated rings. The van der Waals surface area contributed by atoms with E-state index in [1.54, 1.807) is 30.5 Å². The molecule has 11 nitrogen and oxygen atoms in total. The van der Waals surface area contributed by atoms with Crippen LogP contribution in [0.15, 0.2) is 65.2 Å². The van der Waals surface area contributed by atoms with Crippen LogP contribution in [-0.4, -0.2) is 31.9 Å². The number of benzene rings is 3. The van der Waals surface area contributed by atoms with Gasteiger partial charge in [0, 0.05) is 29.3 Å². The summed E-state index contributed by atoms with van der Waals surface area (Å²) in [5, 5.41) is 19.0. The maximum atomic E-state index is 12.7. The molecular weight excluding hydrogens is 512 g/mol. The number of aromatic amines is 1. The fourth-order valence-electron chi connectivity index (χ4n) is 4.17. The smallest absolute Gasteiger partial charge is 0.282 e. The second kappa shape index (κ2) is 9.45. The molecule has 0 aliphatic rings. The Morgan fingerprint density at radius 1 is 1.13 bits per heavy atom. The van der Waals surface area contributed by atoms with Crippen LogP contribution >= 0.6 is 11.6 Å². The van der Waals surface area contributed by atoms with Gasteiger partial charge in [-0.2, -0.15) is 5.10 Å². The normalized spacial score (nSPS) is 11.0. The minimum Gasteiger partial charge on any atom is -0.436 e. The van der Waals surface area contributed by atoms with Gasteiger partial charge in [-0.05, 0) is 48.9 Å². The summed E-state index contributed by atoms with van der Waals surface area (Å²) < 4.78 is 5.97. The molecule has 2 heterocycles. The molecule has 0 radical (unpaired) electrons. The molecule has 3 N–H and O–H groups in total. The van der Waals surface area contributed by atoms with Gasteiger partial charge in [0.1, 0.15) is 11.1 Å². The van der Waals surface area contributed by atoms with Gasteiger partial charge in [-0.1, -0.05) is 23.7 Å². The number of carbonyl (C=O) groups excluding carboxylic acids is 2. The van der Waals surface area contributed by atoms with Crippen LogP contribution in [0.5, 0.6) is 0 Å². The number of rotatable bonds is 6. The van der Waals surface area contributed by atoms with Crippen LogP contribution in [0.25, 0.3) is 33.8 Å². The monoisotopic (exact) mass is 530 g/mol. The lowest BCUT2D eigenvalue weighted by Gasteiger charge is -2.22. The first-order valence-corrected chi connectivity index (χ1v) is 11.6. The minimum atomic E-state index is -0.979. The number of hydrogen-bond donors (Lipinski definition) is 2. The average molecular weight is 531 g/mol. The lowest BCUT2D eigenvalue weighted by molar-refractivity contribution is -0.385. The van der Waals surface area contributed by atoms with Crippen LogP contribution in [-0.2, 0) is 4.79 Å². The summed E-state index contributed by atoms with van der Waals surface area (Å²) in [4.78, 5) is 41.1. The molecule has 0 aliphatic carbocycles. The Morgan fingerprint density at radius 2 is 1.89 bits per heavy atom. The maximum Gasteiger partial charge on any atom is 0.282 e. The van der Waals surface area contributed by atoms with Gasteiger partial charge in [-0.15, -0.1) is 0 Å². The zero-order valence-electron chi connectivity index (χ0n) is 20.1. The predicted molar refractivity (Wildman–Crippen MR) is 141 cm³/mol. The highest BCUT2D eigenvalue weighted by Gasteiger charge is 2.23. The number of nitro groups is 1. The summed E-state index contributed by atoms with van der Waals surface area (Å²) in [6.07, 6.45) is 1.58. The Bertz CT molecular complexity index is 1720. The molecule has 0 saturated heterocycles. The van der Waals surface area contributed by atoms with Gasteiger partial charge in [0.25, 0.3) is 11.6 Å². The fourth-order valence-corrected chi connectivity index (χ4v) is 4.32. The number of oxazole rings is 1. The summed E-state index contributed by atoms with van der Waals surface area (Å²) >= 11 is 6.23. The summed E-state index contributed by atoms with van der Waals surface area (Å²) in [5.74, 6) is -1.03. The standard InChI is InChI=1S/C26H19ClN6O5/c1-13-8-23-21(11-20(13)27)30-26(38-23)19-12-29-31-24(19)15-4-3-5-16(9-15)32(14(2)34)17-6-7-22(33(36)37)18(10-17)25(28)35/h3-12H,1-2H3,(H2,28,35)(H,29,31). The van der Waals surface area contributed by atoms with E-state index in [0.717, 1.165) is 11.6 Å². The first-order chi connectivity index (χ1) is 18.1. The molecule has 0 aliphatic heterocycles. The Kier molecular flexibility index (Phi) is 6.13. The number of aryl methyl sites for hydroxylation is 1. The molecule has 38 heavy (non-hydrogen) atoms. The first-order valence-electron chi connectivity index (χ1n) is 11.2. The van der Waals surface area contributed by atoms with Crippen LogP contribution in [0.4, 0.5) is 17.1 Å². The summed E-state index contributed by atoms with van der Waals surface area (Å²) in [7, 11) is 0. The predicted octanol–water partition coefficient (Wildman–Crippen LogP) is 5.54. The molecule has 190 valence electrons. The highest BCUT2D eigenvalue weighted by molar-refractivity contribution is 6.32. The Balaban J connectivity index is 1.58. The van der Waals surface area contributed by atoms with Crippen molar-refractivity contribution in [3.05, 3.63) is 87.1 Å². The Labute approximate surface area is 220 Å². The molecule has 3 aromatic carbocycles. The van der Waals surface area contributed by atoms with Gasteiger partial charge < -0.3 is 10.2 Å². The van der Waals surface area contributed by atoms with Gasteiger partial charge in [0.2, 0.25) is 11.8 Å². The summed E-state index contributed by atoms with van der Waals surface area (Å²) in [6.45, 7) is 3.21. The molecule has 0 saturated carbocycles. The molecule has 0 atom stereocenters. The maximum absolute atomic E-state index is 12.7. The first kappa shape index (κ1) is 24.7. The summed E-state index contributed by atoms with van der Waals surface area (Å²) in [5.41, 5.74) is 9.17. The third-order valence-corrected chi connectivity index (χ3v) is 6.35. The average Bonchev–Trinajstić information content (AvgIpc) is 3.51. The van der Waals surface area contributed by atoms with Crippen molar-refractivity contribution >= 4 is 51.6 Å². The zero-order chi connectivity index (χ0) is 27.1. The Morgan fingerprint density at radius 3 is 2.61 bits per heavy atom.